The van der Waals surface area contributed by atoms with Crippen molar-refractivity contribution in [1.82, 2.24) is 15.1 Å². The molecule has 0 spiro atoms. The molecule has 0 aromatic carbocycles. The summed E-state index contributed by atoms with van der Waals surface area (Å²) in [6, 6.07) is 0.316. The summed E-state index contributed by atoms with van der Waals surface area (Å²) < 4.78 is 37.8. The molecule has 1 N–H and O–H groups in total. The van der Waals surface area contributed by atoms with Crippen molar-refractivity contribution in [1.29, 1.82) is 0 Å². The van der Waals surface area contributed by atoms with Gasteiger partial charge >= 0.3 is 6.18 Å². The van der Waals surface area contributed by atoms with E-state index in [1.54, 1.807) is 18.0 Å². The monoisotopic (exact) mass is 261 g/mol. The number of alkyl halides is 3. The maximum atomic E-state index is 12.6. The summed E-state index contributed by atoms with van der Waals surface area (Å²) in [4.78, 5) is 3.83. The van der Waals surface area contributed by atoms with E-state index in [4.69, 9.17) is 0 Å². The summed E-state index contributed by atoms with van der Waals surface area (Å²) in [5.41, 5.74) is -0.593. The van der Waals surface area contributed by atoms with Crippen molar-refractivity contribution in [3.05, 3.63) is 23.9 Å². The van der Waals surface area contributed by atoms with Crippen molar-refractivity contribution >= 4 is 0 Å². The predicted octanol–water partition coefficient (Wildman–Crippen LogP) is 1.55. The van der Waals surface area contributed by atoms with Gasteiger partial charge in [0.05, 0.1) is 5.57 Å². The van der Waals surface area contributed by atoms with Gasteiger partial charge in [0.1, 0.15) is 6.17 Å². The number of piperazine rings is 1. The third-order valence-electron chi connectivity index (χ3n) is 3.43. The fourth-order valence-electron chi connectivity index (χ4n) is 2.43. The Morgan fingerprint density at radius 3 is 2.67 bits per heavy atom. The van der Waals surface area contributed by atoms with E-state index in [0.717, 1.165) is 19.6 Å². The van der Waals surface area contributed by atoms with Gasteiger partial charge < -0.3 is 10.2 Å². The molecule has 3 nitrogen and oxygen atoms in total. The Hall–Kier alpha value is -1.01. The van der Waals surface area contributed by atoms with Gasteiger partial charge in [0.15, 0.2) is 0 Å². The smallest absolute Gasteiger partial charge is 0.361 e. The number of rotatable bonds is 1. The molecule has 0 bridgehead atoms. The Morgan fingerprint density at radius 2 is 2.11 bits per heavy atom. The summed E-state index contributed by atoms with van der Waals surface area (Å²) >= 11 is 0. The van der Waals surface area contributed by atoms with Crippen molar-refractivity contribution in [2.24, 2.45) is 0 Å². The lowest BCUT2D eigenvalue weighted by Crippen LogP contribution is -2.57. The minimum absolute atomic E-state index is 0.0896. The van der Waals surface area contributed by atoms with E-state index in [2.05, 4.69) is 17.1 Å². The number of halogens is 3. The van der Waals surface area contributed by atoms with Gasteiger partial charge in [-0.2, -0.15) is 13.2 Å². The summed E-state index contributed by atoms with van der Waals surface area (Å²) in [5.74, 6) is 0. The molecule has 2 aliphatic heterocycles. The van der Waals surface area contributed by atoms with Crippen molar-refractivity contribution in [3.8, 4) is 0 Å². The standard InChI is InChI=1S/C12H18F3N3/c1-9-7-16-5-6-18(9)11-4-3-10(8-17(11)2)12(13,14)15/h3-4,8-9,11,16H,5-7H2,1-2H3/t9-,11?/m1/s1. The lowest BCUT2D eigenvalue weighted by Gasteiger charge is -2.43. The molecular formula is C12H18F3N3. The Morgan fingerprint density at radius 1 is 1.39 bits per heavy atom. The Bertz CT molecular complexity index is 362. The molecular weight excluding hydrogens is 243 g/mol. The third kappa shape index (κ3) is 2.70. The van der Waals surface area contributed by atoms with Crippen LogP contribution in [-0.2, 0) is 0 Å². The van der Waals surface area contributed by atoms with Crippen molar-refractivity contribution in [2.45, 2.75) is 25.3 Å². The Balaban J connectivity index is 2.10. The van der Waals surface area contributed by atoms with Crippen LogP contribution in [0.15, 0.2) is 23.9 Å². The van der Waals surface area contributed by atoms with Gasteiger partial charge in [0.2, 0.25) is 0 Å². The van der Waals surface area contributed by atoms with E-state index in [-0.39, 0.29) is 6.17 Å². The number of nitrogens with zero attached hydrogens (tertiary/aromatic N) is 2. The molecule has 0 saturated carbocycles. The van der Waals surface area contributed by atoms with Crippen LogP contribution < -0.4 is 5.32 Å². The fraction of sp³-hybridized carbons (Fsp3) is 0.667. The molecule has 2 rings (SSSR count). The van der Waals surface area contributed by atoms with Crippen molar-refractivity contribution in [2.75, 3.05) is 26.7 Å². The molecule has 0 aromatic heterocycles. The number of likely N-dealkylation sites (N-methyl/N-ethyl adjacent to an activating group) is 1. The van der Waals surface area contributed by atoms with Gasteiger partial charge in [-0.1, -0.05) is 0 Å². The Labute approximate surface area is 105 Å². The quantitative estimate of drug-likeness (QED) is 0.772. The molecule has 0 amide bonds. The van der Waals surface area contributed by atoms with Gasteiger partial charge in [-0.3, -0.25) is 4.90 Å². The van der Waals surface area contributed by atoms with E-state index >= 15 is 0 Å². The highest BCUT2D eigenvalue weighted by atomic mass is 19.4. The average Bonchev–Trinajstić information content (AvgIpc) is 2.29. The van der Waals surface area contributed by atoms with Crippen molar-refractivity contribution < 1.29 is 13.2 Å². The van der Waals surface area contributed by atoms with Crippen LogP contribution in [0, 0.1) is 0 Å². The van der Waals surface area contributed by atoms with E-state index in [1.807, 2.05) is 0 Å². The van der Waals surface area contributed by atoms with E-state index < -0.39 is 11.7 Å². The first kappa shape index (κ1) is 13.4. The minimum Gasteiger partial charge on any atom is -0.361 e. The number of hydrogen-bond donors (Lipinski definition) is 1. The SMILES string of the molecule is C[C@@H]1CNCCN1C1C=CC(C(F)(F)F)=CN1C. The molecule has 0 aliphatic carbocycles. The zero-order valence-electron chi connectivity index (χ0n) is 10.5. The lowest BCUT2D eigenvalue weighted by atomic mass is 10.1. The topological polar surface area (TPSA) is 18.5 Å². The minimum atomic E-state index is -4.27. The number of allylic oxidation sites excluding steroid dienone is 2. The van der Waals surface area contributed by atoms with Crippen LogP contribution in [0.3, 0.4) is 0 Å². The molecule has 18 heavy (non-hydrogen) atoms. The number of hydrogen-bond acceptors (Lipinski definition) is 3. The molecule has 2 aliphatic rings. The maximum Gasteiger partial charge on any atom is 0.417 e. The van der Waals surface area contributed by atoms with Crippen LogP contribution in [-0.4, -0.2) is 54.9 Å². The molecule has 0 aromatic rings. The average molecular weight is 261 g/mol. The van der Waals surface area contributed by atoms with Crippen LogP contribution in [0.2, 0.25) is 0 Å². The van der Waals surface area contributed by atoms with Crippen LogP contribution in [0.5, 0.6) is 0 Å². The van der Waals surface area contributed by atoms with Crippen LogP contribution in [0.1, 0.15) is 6.92 Å². The highest BCUT2D eigenvalue weighted by molar-refractivity contribution is 5.28. The molecule has 1 unspecified atom stereocenters. The molecule has 1 saturated heterocycles. The Kier molecular flexibility index (Phi) is 3.68. The largest absolute Gasteiger partial charge is 0.417 e. The first-order chi connectivity index (χ1) is 8.39. The fourth-order valence-corrected chi connectivity index (χ4v) is 2.43. The second-order valence-corrected chi connectivity index (χ2v) is 4.81. The highest BCUT2D eigenvalue weighted by Crippen LogP contribution is 2.30. The molecule has 0 radical (unpaired) electrons. The van der Waals surface area contributed by atoms with Crippen LogP contribution in [0.25, 0.3) is 0 Å². The second kappa shape index (κ2) is 4.93. The molecule has 6 heteroatoms. The van der Waals surface area contributed by atoms with Crippen LogP contribution in [0.4, 0.5) is 13.2 Å². The summed E-state index contributed by atoms with van der Waals surface area (Å²) in [7, 11) is 1.69. The second-order valence-electron chi connectivity index (χ2n) is 4.81. The maximum absolute atomic E-state index is 12.6. The molecule has 1 fully saturated rings. The number of nitrogens with one attached hydrogen (secondary N) is 1. The first-order valence-corrected chi connectivity index (χ1v) is 6.05. The third-order valence-corrected chi connectivity index (χ3v) is 3.43. The molecule has 2 atom stereocenters. The highest BCUT2D eigenvalue weighted by Gasteiger charge is 2.36. The van der Waals surface area contributed by atoms with Crippen molar-refractivity contribution in [3.63, 3.8) is 0 Å². The first-order valence-electron chi connectivity index (χ1n) is 6.05. The van der Waals surface area contributed by atoms with Gasteiger partial charge in [-0.15, -0.1) is 0 Å². The van der Waals surface area contributed by atoms with Crippen LogP contribution >= 0.6 is 0 Å². The van der Waals surface area contributed by atoms with E-state index in [9.17, 15) is 13.2 Å². The van der Waals surface area contributed by atoms with E-state index in [1.165, 1.54) is 12.3 Å². The van der Waals surface area contributed by atoms with Gasteiger partial charge in [-0.05, 0) is 19.1 Å². The zero-order valence-corrected chi connectivity index (χ0v) is 10.5. The van der Waals surface area contributed by atoms with Gasteiger partial charge in [0, 0.05) is 38.9 Å². The van der Waals surface area contributed by atoms with E-state index in [0.29, 0.717) is 6.04 Å². The lowest BCUT2D eigenvalue weighted by molar-refractivity contribution is -0.0905. The zero-order chi connectivity index (χ0) is 13.3. The molecule has 102 valence electrons. The summed E-state index contributed by atoms with van der Waals surface area (Å²) in [6.45, 7) is 4.67. The van der Waals surface area contributed by atoms with Gasteiger partial charge in [0.25, 0.3) is 0 Å². The molecule has 2 heterocycles. The summed E-state index contributed by atoms with van der Waals surface area (Å²) in [5, 5.41) is 3.27. The van der Waals surface area contributed by atoms with Gasteiger partial charge in [-0.25, -0.2) is 0 Å². The predicted molar refractivity (Wildman–Crippen MR) is 63.9 cm³/mol. The summed E-state index contributed by atoms with van der Waals surface area (Å²) in [6.07, 6.45) is -0.373. The normalized spacial score (nSPS) is 30.5.